The number of amides is 2. The van der Waals surface area contributed by atoms with E-state index in [0.717, 1.165) is 44.5 Å². The number of hydrogen-bond donors (Lipinski definition) is 1. The Kier molecular flexibility index (Phi) is 4.53. The molecule has 1 aliphatic heterocycles. The number of nitrogens with zero attached hydrogens (tertiary/aromatic N) is 2. The molecule has 1 saturated heterocycles. The van der Waals surface area contributed by atoms with Crippen LogP contribution in [0.5, 0.6) is 0 Å². The van der Waals surface area contributed by atoms with Crippen molar-refractivity contribution in [2.75, 3.05) is 18.4 Å². The van der Waals surface area contributed by atoms with Gasteiger partial charge >= 0.3 is 0 Å². The Morgan fingerprint density at radius 3 is 2.62 bits per heavy atom. The molecule has 0 unspecified atom stereocenters. The number of aromatic nitrogens is 1. The van der Waals surface area contributed by atoms with Crippen molar-refractivity contribution in [3.05, 3.63) is 11.1 Å². The third-order valence-electron chi connectivity index (χ3n) is 4.02. The van der Waals surface area contributed by atoms with E-state index in [1.165, 1.54) is 24.2 Å². The number of rotatable bonds is 4. The quantitative estimate of drug-likeness (QED) is 0.929. The second kappa shape index (κ2) is 6.56. The lowest BCUT2D eigenvalue weighted by atomic mass is 10.2. The van der Waals surface area contributed by atoms with Crippen LogP contribution in [0, 0.1) is 5.92 Å². The lowest BCUT2D eigenvalue weighted by Crippen LogP contribution is -2.33. The third kappa shape index (κ3) is 4.03. The van der Waals surface area contributed by atoms with Gasteiger partial charge in [-0.1, -0.05) is 12.8 Å². The van der Waals surface area contributed by atoms with Gasteiger partial charge in [0.1, 0.15) is 0 Å². The van der Waals surface area contributed by atoms with Gasteiger partial charge in [0.05, 0.1) is 12.1 Å². The van der Waals surface area contributed by atoms with Crippen LogP contribution in [0.15, 0.2) is 5.38 Å². The van der Waals surface area contributed by atoms with E-state index in [0.29, 0.717) is 11.6 Å². The zero-order chi connectivity index (χ0) is 14.7. The summed E-state index contributed by atoms with van der Waals surface area (Å²) >= 11 is 1.40. The van der Waals surface area contributed by atoms with Gasteiger partial charge in [0, 0.05) is 24.4 Å². The molecule has 114 valence electrons. The smallest absolute Gasteiger partial charge is 0.229 e. The minimum absolute atomic E-state index is 0.0646. The van der Waals surface area contributed by atoms with Crippen molar-refractivity contribution in [2.24, 2.45) is 5.92 Å². The number of thiazole rings is 1. The summed E-state index contributed by atoms with van der Waals surface area (Å²) in [6.07, 6.45) is 6.96. The predicted molar refractivity (Wildman–Crippen MR) is 82.2 cm³/mol. The van der Waals surface area contributed by atoms with Crippen LogP contribution in [0.4, 0.5) is 5.13 Å². The lowest BCUT2D eigenvalue weighted by Gasteiger charge is -2.19. The predicted octanol–water partition coefficient (Wildman–Crippen LogP) is 2.44. The van der Waals surface area contributed by atoms with E-state index in [9.17, 15) is 9.59 Å². The van der Waals surface area contributed by atoms with Crippen LogP contribution < -0.4 is 5.32 Å². The average Bonchev–Trinajstić information content (AvgIpc) is 3.26. The zero-order valence-electron chi connectivity index (χ0n) is 12.1. The summed E-state index contributed by atoms with van der Waals surface area (Å²) in [5.74, 6) is 0.396. The van der Waals surface area contributed by atoms with E-state index < -0.39 is 0 Å². The maximum Gasteiger partial charge on any atom is 0.229 e. The Balaban J connectivity index is 1.53. The number of nitrogens with one attached hydrogen (secondary N) is 1. The van der Waals surface area contributed by atoms with Crippen molar-refractivity contribution in [1.82, 2.24) is 9.88 Å². The van der Waals surface area contributed by atoms with Gasteiger partial charge in [-0.25, -0.2) is 4.98 Å². The summed E-state index contributed by atoms with van der Waals surface area (Å²) < 4.78 is 0. The van der Waals surface area contributed by atoms with Gasteiger partial charge in [-0.15, -0.1) is 11.3 Å². The van der Waals surface area contributed by atoms with E-state index in [1.54, 1.807) is 0 Å². The maximum atomic E-state index is 12.3. The van der Waals surface area contributed by atoms with E-state index in [2.05, 4.69) is 10.3 Å². The first kappa shape index (κ1) is 14.5. The Hall–Kier alpha value is -1.43. The molecule has 0 atom stereocenters. The van der Waals surface area contributed by atoms with E-state index in [4.69, 9.17) is 0 Å². The van der Waals surface area contributed by atoms with Crippen molar-refractivity contribution in [2.45, 2.75) is 44.9 Å². The molecule has 0 aromatic carbocycles. The molecule has 0 spiro atoms. The van der Waals surface area contributed by atoms with Crippen LogP contribution in [0.25, 0.3) is 0 Å². The van der Waals surface area contributed by atoms with E-state index in [-0.39, 0.29) is 17.7 Å². The molecular weight excluding hydrogens is 286 g/mol. The molecule has 2 heterocycles. The fourth-order valence-electron chi connectivity index (χ4n) is 2.59. The lowest BCUT2D eigenvalue weighted by molar-refractivity contribution is -0.130. The highest BCUT2D eigenvalue weighted by atomic mass is 32.1. The first-order chi connectivity index (χ1) is 10.2. The maximum absolute atomic E-state index is 12.3. The second-order valence-corrected chi connectivity index (χ2v) is 6.74. The number of carbonyl (C=O) groups excluding carboxylic acids is 2. The Bertz CT molecular complexity index is 517. The van der Waals surface area contributed by atoms with Gasteiger partial charge in [0.15, 0.2) is 5.13 Å². The molecule has 1 aromatic heterocycles. The molecule has 6 heteroatoms. The fraction of sp³-hybridized carbons (Fsp3) is 0.667. The van der Waals surface area contributed by atoms with Gasteiger partial charge in [0.2, 0.25) is 11.8 Å². The molecule has 1 saturated carbocycles. The van der Waals surface area contributed by atoms with Crippen molar-refractivity contribution in [1.29, 1.82) is 0 Å². The van der Waals surface area contributed by atoms with Crippen molar-refractivity contribution >= 4 is 28.3 Å². The fourth-order valence-corrected chi connectivity index (χ4v) is 3.30. The second-order valence-electron chi connectivity index (χ2n) is 5.88. The summed E-state index contributed by atoms with van der Waals surface area (Å²) in [7, 11) is 0. The molecule has 1 aliphatic carbocycles. The molecule has 1 N–H and O–H groups in total. The zero-order valence-corrected chi connectivity index (χ0v) is 13.0. The Labute approximate surface area is 128 Å². The molecule has 3 rings (SSSR count). The molecule has 1 aromatic rings. The van der Waals surface area contributed by atoms with Crippen LogP contribution in [-0.2, 0) is 16.0 Å². The summed E-state index contributed by atoms with van der Waals surface area (Å²) in [6.45, 7) is 1.74. The average molecular weight is 307 g/mol. The summed E-state index contributed by atoms with van der Waals surface area (Å²) in [5, 5.41) is 5.32. The summed E-state index contributed by atoms with van der Waals surface area (Å²) in [4.78, 5) is 30.3. The number of likely N-dealkylation sites (tertiary alicyclic amines) is 1. The highest BCUT2D eigenvalue weighted by Crippen LogP contribution is 2.30. The monoisotopic (exact) mass is 307 g/mol. The van der Waals surface area contributed by atoms with Crippen LogP contribution in [-0.4, -0.2) is 34.8 Å². The number of hydrogen-bond acceptors (Lipinski definition) is 4. The van der Waals surface area contributed by atoms with Crippen LogP contribution in [0.1, 0.15) is 44.2 Å². The van der Waals surface area contributed by atoms with Gasteiger partial charge < -0.3 is 10.2 Å². The third-order valence-corrected chi connectivity index (χ3v) is 4.83. The van der Waals surface area contributed by atoms with Gasteiger partial charge in [0.25, 0.3) is 0 Å². The Morgan fingerprint density at radius 1 is 1.24 bits per heavy atom. The largest absolute Gasteiger partial charge is 0.342 e. The summed E-state index contributed by atoms with van der Waals surface area (Å²) in [5.41, 5.74) is 0.764. The van der Waals surface area contributed by atoms with Crippen LogP contribution in [0.3, 0.4) is 0 Å². The molecule has 21 heavy (non-hydrogen) atoms. The first-order valence-corrected chi connectivity index (χ1v) is 8.63. The highest BCUT2D eigenvalue weighted by Gasteiger charge is 2.30. The SMILES string of the molecule is O=C(Nc1nc(CC(=O)N2CCCCCC2)cs1)C1CC1. The highest BCUT2D eigenvalue weighted by molar-refractivity contribution is 7.13. The Morgan fingerprint density at radius 2 is 1.95 bits per heavy atom. The van der Waals surface area contributed by atoms with Crippen LogP contribution in [0.2, 0.25) is 0 Å². The molecule has 5 nitrogen and oxygen atoms in total. The van der Waals surface area contributed by atoms with Gasteiger partial charge in [-0.2, -0.15) is 0 Å². The topological polar surface area (TPSA) is 62.3 Å². The van der Waals surface area contributed by atoms with Crippen molar-refractivity contribution in [3.8, 4) is 0 Å². The minimum atomic E-state index is 0.0646. The number of anilines is 1. The van der Waals surface area contributed by atoms with Crippen molar-refractivity contribution < 1.29 is 9.59 Å². The van der Waals surface area contributed by atoms with E-state index >= 15 is 0 Å². The standard InChI is InChI=1S/C15H21N3O2S/c19-13(18-7-3-1-2-4-8-18)9-12-10-21-15(16-12)17-14(20)11-5-6-11/h10-11H,1-9H2,(H,16,17,20). The van der Waals surface area contributed by atoms with E-state index in [1.807, 2.05) is 10.3 Å². The number of carbonyl (C=O) groups is 2. The molecule has 2 amide bonds. The van der Waals surface area contributed by atoms with Crippen LogP contribution >= 0.6 is 11.3 Å². The minimum Gasteiger partial charge on any atom is -0.342 e. The van der Waals surface area contributed by atoms with Gasteiger partial charge in [-0.05, 0) is 25.7 Å². The molecule has 0 radical (unpaired) electrons. The molecule has 0 bridgehead atoms. The molecule has 2 fully saturated rings. The normalized spacial score (nSPS) is 19.1. The first-order valence-electron chi connectivity index (χ1n) is 7.75. The molecular formula is C15H21N3O2S. The van der Waals surface area contributed by atoms with Gasteiger partial charge in [-0.3, -0.25) is 9.59 Å². The van der Waals surface area contributed by atoms with Crippen molar-refractivity contribution in [3.63, 3.8) is 0 Å². The summed E-state index contributed by atoms with van der Waals surface area (Å²) in [6, 6.07) is 0. The molecule has 2 aliphatic rings.